The van der Waals surface area contributed by atoms with E-state index in [1.165, 1.54) is 22.3 Å². The number of hydrogen-bond donors (Lipinski definition) is 4. The molecule has 4 spiro atoms. The number of aliphatic hydroxyl groups is 4. The number of carbonyl (C=O) groups excluding carboxylic acids is 4. The number of allylic oxidation sites excluding steroid dienone is 4. The third-order valence-corrected chi connectivity index (χ3v) is 29.4. The standard InChI is InChI=1S/C100H116N4O16/c1-93(2)73-29-17-21-33-77(73)101-61-25-13-9-10-14-26-62-102-78-34-22-18-30-74(78)94(3,4)82(102)42-38-70-87(107)117-99(118-88(70)108)57-49-67(50-58-99)68-51-59-100(60-52-68)119-91(111)72(92(112)120-100)40-44-84-96(7,8)76-32-20-24-36-80(76)104(84)64-28-16-12-11-15-27-63-103-79-35-23-19-31-75(79)95(5,6)83(103)43-39-71-89(109)115-98(116-90(71)110)55-47-66(48-56-98)65-45-53-97(54-46-65)113-85(105)69(86(106)114-97)37-41-81(93)101/h17-24,29-44,65-68H,9-16,25-28,45-64H2,1-8H3/p+4. The van der Waals surface area contributed by atoms with Crippen LogP contribution in [0.25, 0.3) is 0 Å². The monoisotopic (exact) mass is 1630 g/mol. The molecular formula is C100H120N4O16+4. The number of benzene rings is 4. The van der Waals surface area contributed by atoms with Gasteiger partial charge in [-0.2, -0.15) is 18.3 Å². The highest BCUT2D eigenvalue weighted by Crippen LogP contribution is 2.53. The van der Waals surface area contributed by atoms with E-state index < -0.39 is 92.5 Å². The van der Waals surface area contributed by atoms with E-state index in [0.29, 0.717) is 103 Å². The second kappa shape index (κ2) is 32.3. The van der Waals surface area contributed by atoms with Gasteiger partial charge in [0.15, 0.2) is 22.8 Å². The number of nitrogens with zero attached hydrogens (tertiary/aromatic N) is 4. The Bertz CT molecular complexity index is 4540. The number of fused-ring (bicyclic) bond motifs is 4. The summed E-state index contributed by atoms with van der Waals surface area (Å²) in [5.74, 6) is -8.26. The molecule has 0 radical (unpaired) electrons. The minimum Gasteiger partial charge on any atom is -0.480 e. The van der Waals surface area contributed by atoms with Crippen molar-refractivity contribution in [2.75, 3.05) is 26.2 Å². The molecule has 4 aliphatic carbocycles. The average molecular weight is 1630 g/mol. The lowest BCUT2D eigenvalue weighted by Gasteiger charge is -2.46. The van der Waals surface area contributed by atoms with Crippen LogP contribution in [-0.2, 0) is 78.7 Å². The van der Waals surface area contributed by atoms with Crippen molar-refractivity contribution in [1.82, 2.24) is 0 Å². The minimum atomic E-state index is -1.28. The Hall–Kier alpha value is -10.2. The highest BCUT2D eigenvalue weighted by atomic mass is 16.8. The van der Waals surface area contributed by atoms with Crippen LogP contribution in [0.3, 0.4) is 0 Å². The summed E-state index contributed by atoms with van der Waals surface area (Å²) in [6, 6.07) is 33.8. The van der Waals surface area contributed by atoms with E-state index in [-0.39, 0.29) is 46.0 Å². The Labute approximate surface area is 705 Å². The molecule has 20 heteroatoms. The van der Waals surface area contributed by atoms with Gasteiger partial charge in [-0.1, -0.05) is 98.5 Å². The van der Waals surface area contributed by atoms with Gasteiger partial charge in [0.25, 0.3) is 46.9 Å². The highest BCUT2D eigenvalue weighted by Gasteiger charge is 2.56. The van der Waals surface area contributed by atoms with Gasteiger partial charge >= 0.3 is 23.9 Å². The molecule has 4 fully saturated rings. The van der Waals surface area contributed by atoms with E-state index in [9.17, 15) is 39.6 Å². The molecule has 0 aromatic heterocycles. The second-order valence-electron chi connectivity index (χ2n) is 38.1. The number of esters is 4. The van der Waals surface area contributed by atoms with E-state index in [4.69, 9.17) is 37.9 Å². The molecular weight excluding hydrogens is 1510 g/mol. The van der Waals surface area contributed by atoms with Crippen molar-refractivity contribution < 1.29 is 95.8 Å². The SMILES string of the molecule is CC1(C)C2=[N+](CCCCCCCC[N+]3=C(C=CC4=C(O)OC5(CCC(CC5)C5CCC6(CC5)OC(=O)C(=C(O)O6)C=CC5=[N+](CCCCCCCC[N+]6=C(C=CC7=C(O)OC8(CCC(CC8)C8CCC9(CC8)OC(=O)C(=C(O)O9)C=C2)OC7=O)C(C)(C)c2ccccc26)c2ccccc2C5(C)C)OC4=O)C(C)(C)c2ccccc23)c2ccccc21. The van der Waals surface area contributed by atoms with E-state index in [1.54, 1.807) is 24.3 Å². The van der Waals surface area contributed by atoms with Crippen LogP contribution in [0.4, 0.5) is 22.7 Å². The summed E-state index contributed by atoms with van der Waals surface area (Å²) in [6.07, 6.45) is 35.3. The fraction of sp³-hybridized carbons (Fsp3) is 0.520. The summed E-state index contributed by atoms with van der Waals surface area (Å²) in [4.78, 5) is 56.5. The minimum absolute atomic E-state index is 0.0199. The number of carbonyl (C=O) groups is 4. The summed E-state index contributed by atoms with van der Waals surface area (Å²) >= 11 is 0. The number of hydrogen-bond acceptors (Lipinski definition) is 16. The van der Waals surface area contributed by atoms with E-state index in [2.05, 4.69) is 171 Å². The zero-order valence-electron chi connectivity index (χ0n) is 71.3. The summed E-state index contributed by atoms with van der Waals surface area (Å²) in [5, 5.41) is 46.6. The molecule has 20 nitrogen and oxygen atoms in total. The van der Waals surface area contributed by atoms with Gasteiger partial charge in [-0.25, -0.2) is 19.2 Å². The first-order valence-corrected chi connectivity index (χ1v) is 44.7. The average Bonchev–Trinajstić information content (AvgIpc) is 1.46. The van der Waals surface area contributed by atoms with Crippen molar-refractivity contribution >= 4 is 69.5 Å². The Kier molecular flexibility index (Phi) is 22.1. The fourth-order valence-electron chi connectivity index (χ4n) is 22.5. The molecule has 21 heterocycles. The first-order chi connectivity index (χ1) is 57.6. The molecule has 0 amide bonds. The number of para-hydroxylation sites is 4. The second-order valence-corrected chi connectivity index (χ2v) is 38.1. The van der Waals surface area contributed by atoms with E-state index >= 15 is 0 Å². The van der Waals surface area contributed by atoms with Gasteiger partial charge in [0.2, 0.25) is 22.7 Å². The molecule has 0 atom stereocenters. The molecule has 4 saturated carbocycles. The summed E-state index contributed by atoms with van der Waals surface area (Å²) in [6.45, 7) is 20.6. The smallest absolute Gasteiger partial charge is 0.348 e. The summed E-state index contributed by atoms with van der Waals surface area (Å²) in [5.41, 5.74) is 11.5. The topological polar surface area (TPSA) is 235 Å². The first-order valence-electron chi connectivity index (χ1n) is 44.7. The summed E-state index contributed by atoms with van der Waals surface area (Å²) < 4.78 is 59.3. The lowest BCUT2D eigenvalue weighted by molar-refractivity contribution is -0.438. The van der Waals surface area contributed by atoms with Gasteiger partial charge in [-0.3, -0.25) is 0 Å². The molecule has 29 rings (SSSR count). The van der Waals surface area contributed by atoms with Crippen LogP contribution in [0.1, 0.15) is 257 Å². The van der Waals surface area contributed by atoms with Crippen molar-refractivity contribution in [1.29, 1.82) is 0 Å². The molecule has 632 valence electrons. The van der Waals surface area contributed by atoms with E-state index in [0.717, 1.165) is 149 Å². The van der Waals surface area contributed by atoms with Crippen molar-refractivity contribution in [3.05, 3.63) is 214 Å². The lowest BCUT2D eigenvalue weighted by Crippen LogP contribution is -2.48. The normalized spacial score (nSPS) is 30.3. The Morgan fingerprint density at radius 1 is 0.258 bits per heavy atom. The lowest BCUT2D eigenvalue weighted by atomic mass is 9.70. The molecule has 12 bridgehead atoms. The molecule has 4 N–H and O–H groups in total. The van der Waals surface area contributed by atoms with Crippen LogP contribution in [-0.4, -0.2) is 135 Å². The van der Waals surface area contributed by atoms with Gasteiger partial charge in [0.1, 0.15) is 48.5 Å². The molecule has 21 aliphatic heterocycles. The Balaban J connectivity index is 0.586. The number of rotatable bonds is 0. The van der Waals surface area contributed by atoms with Gasteiger partial charge in [-0.05, 0) is 180 Å². The van der Waals surface area contributed by atoms with Crippen molar-refractivity contribution in [2.24, 2.45) is 23.7 Å². The predicted octanol–water partition coefficient (Wildman–Crippen LogP) is 20.1. The number of aliphatic hydroxyl groups excluding tert-OH is 4. The van der Waals surface area contributed by atoms with E-state index in [1.807, 2.05) is 24.3 Å². The van der Waals surface area contributed by atoms with Crippen LogP contribution in [0.15, 0.2) is 192 Å². The molecule has 120 heavy (non-hydrogen) atoms. The summed E-state index contributed by atoms with van der Waals surface area (Å²) in [7, 11) is 0. The Morgan fingerprint density at radius 3 is 0.633 bits per heavy atom. The van der Waals surface area contributed by atoms with Crippen LogP contribution < -0.4 is 0 Å². The molecule has 4 aromatic carbocycles. The third-order valence-electron chi connectivity index (χ3n) is 29.4. The zero-order chi connectivity index (χ0) is 83.7. The zero-order valence-corrected chi connectivity index (χ0v) is 71.3. The maximum Gasteiger partial charge on any atom is 0.348 e. The maximum atomic E-state index is 14.1. The number of ether oxygens (including phenoxy) is 8. The van der Waals surface area contributed by atoms with Crippen molar-refractivity contribution in [3.8, 4) is 0 Å². The van der Waals surface area contributed by atoms with Gasteiger partial charge in [-0.15, -0.1) is 0 Å². The van der Waals surface area contributed by atoms with Crippen LogP contribution in [0.2, 0.25) is 0 Å². The van der Waals surface area contributed by atoms with Crippen LogP contribution >= 0.6 is 0 Å². The molecule has 4 aromatic rings. The van der Waals surface area contributed by atoms with Crippen LogP contribution in [0, 0.1) is 23.7 Å². The third kappa shape index (κ3) is 15.3. The van der Waals surface area contributed by atoms with Gasteiger partial charge in [0.05, 0.1) is 21.7 Å². The quantitative estimate of drug-likeness (QED) is 0.0728. The van der Waals surface area contributed by atoms with Gasteiger partial charge < -0.3 is 58.3 Å². The predicted molar refractivity (Wildman–Crippen MR) is 455 cm³/mol. The molecule has 25 aliphatic rings. The molecule has 0 saturated heterocycles. The molecule has 0 unspecified atom stereocenters. The largest absolute Gasteiger partial charge is 0.480 e. The Morgan fingerprint density at radius 2 is 0.442 bits per heavy atom. The fourth-order valence-corrected chi connectivity index (χ4v) is 22.5. The van der Waals surface area contributed by atoms with Gasteiger partial charge in [0, 0.05) is 148 Å². The van der Waals surface area contributed by atoms with Crippen molar-refractivity contribution in [3.63, 3.8) is 0 Å². The first kappa shape index (κ1) is 82.1. The maximum absolute atomic E-state index is 14.1. The van der Waals surface area contributed by atoms with Crippen molar-refractivity contribution in [2.45, 2.75) is 280 Å². The van der Waals surface area contributed by atoms with Crippen LogP contribution in [0.5, 0.6) is 0 Å². The highest BCUT2D eigenvalue weighted by molar-refractivity contribution is 6.08.